The molecule has 0 bridgehead atoms. The van der Waals surface area contributed by atoms with Crippen molar-refractivity contribution in [3.05, 3.63) is 29.8 Å². The van der Waals surface area contributed by atoms with Crippen LogP contribution >= 0.6 is 0 Å². The summed E-state index contributed by atoms with van der Waals surface area (Å²) in [5, 5.41) is 0. The third kappa shape index (κ3) is 4.31. The smallest absolute Gasteiger partial charge is 0.253 e. The molecule has 2 aliphatic heterocycles. The topological polar surface area (TPSA) is 87.2 Å². The van der Waals surface area contributed by atoms with Crippen molar-refractivity contribution in [2.75, 3.05) is 45.9 Å². The Labute approximate surface area is 159 Å². The fourth-order valence-electron chi connectivity index (χ4n) is 3.33. The van der Waals surface area contributed by atoms with E-state index in [0.717, 1.165) is 0 Å². The molecule has 0 radical (unpaired) electrons. The predicted molar refractivity (Wildman–Crippen MR) is 98.8 cm³/mol. The third-order valence-electron chi connectivity index (χ3n) is 4.96. The number of hydrogen-bond donors (Lipinski definition) is 0. The van der Waals surface area contributed by atoms with E-state index in [9.17, 15) is 18.0 Å². The van der Waals surface area contributed by atoms with Gasteiger partial charge in [0.15, 0.2) is 0 Å². The van der Waals surface area contributed by atoms with Gasteiger partial charge in [0.25, 0.3) is 5.91 Å². The van der Waals surface area contributed by atoms with Gasteiger partial charge in [-0.25, -0.2) is 8.42 Å². The fourth-order valence-corrected chi connectivity index (χ4v) is 4.83. The predicted octanol–water partition coefficient (Wildman–Crippen LogP) is 0.400. The Hall–Kier alpha value is -1.97. The van der Waals surface area contributed by atoms with Gasteiger partial charge in [0, 0.05) is 51.8 Å². The van der Waals surface area contributed by atoms with Crippen molar-refractivity contribution in [2.24, 2.45) is 0 Å². The van der Waals surface area contributed by atoms with Gasteiger partial charge in [-0.15, -0.1) is 0 Å². The van der Waals surface area contributed by atoms with Gasteiger partial charge in [0.05, 0.1) is 17.6 Å². The number of ether oxygens (including phenoxy) is 1. The van der Waals surface area contributed by atoms with E-state index in [-0.39, 0.29) is 22.8 Å². The van der Waals surface area contributed by atoms with Crippen LogP contribution in [0.15, 0.2) is 29.2 Å². The molecular formula is C18H25N3O5S. The Morgan fingerprint density at radius 3 is 2.15 bits per heavy atom. The summed E-state index contributed by atoms with van der Waals surface area (Å²) in [4.78, 5) is 27.6. The summed E-state index contributed by atoms with van der Waals surface area (Å²) in [6, 6.07) is 6.07. The molecule has 0 aliphatic carbocycles. The standard InChI is InChI=1S/C18H25N3O5S/c1-14-13-21(11-12-26-14)27(24,25)17-5-3-16(4-6-17)18(23)20-9-7-19(8-10-20)15(2)22/h3-6,14H,7-13H2,1-2H3. The molecule has 2 amide bonds. The van der Waals surface area contributed by atoms with Crippen LogP contribution in [0.25, 0.3) is 0 Å². The van der Waals surface area contributed by atoms with Crippen LogP contribution < -0.4 is 0 Å². The molecule has 1 atom stereocenters. The molecule has 1 aromatic rings. The number of piperazine rings is 1. The van der Waals surface area contributed by atoms with Crippen molar-refractivity contribution >= 4 is 21.8 Å². The lowest BCUT2D eigenvalue weighted by atomic mass is 10.2. The van der Waals surface area contributed by atoms with E-state index in [0.29, 0.717) is 51.4 Å². The van der Waals surface area contributed by atoms with Gasteiger partial charge < -0.3 is 14.5 Å². The summed E-state index contributed by atoms with van der Waals surface area (Å²) < 4.78 is 32.3. The first-order valence-corrected chi connectivity index (χ1v) is 10.5. The number of rotatable bonds is 3. The Kier molecular flexibility index (Phi) is 5.83. The summed E-state index contributed by atoms with van der Waals surface area (Å²) in [5.74, 6) is -0.142. The van der Waals surface area contributed by atoms with E-state index in [1.807, 2.05) is 6.92 Å². The molecule has 148 valence electrons. The molecule has 2 saturated heterocycles. The SMILES string of the molecule is CC(=O)N1CCN(C(=O)c2ccc(S(=O)(=O)N3CCOC(C)C3)cc2)CC1. The van der Waals surface area contributed by atoms with Gasteiger partial charge >= 0.3 is 0 Å². The molecule has 1 unspecified atom stereocenters. The normalized spacial score (nSPS) is 21.9. The third-order valence-corrected chi connectivity index (χ3v) is 6.83. The van der Waals surface area contributed by atoms with Crippen molar-refractivity contribution in [1.82, 2.24) is 14.1 Å². The maximum absolute atomic E-state index is 12.8. The first-order chi connectivity index (χ1) is 12.8. The number of sulfonamides is 1. The van der Waals surface area contributed by atoms with Crippen LogP contribution in [0.4, 0.5) is 0 Å². The minimum absolute atomic E-state index is 0.00842. The van der Waals surface area contributed by atoms with Crippen LogP contribution in [0.3, 0.4) is 0 Å². The highest BCUT2D eigenvalue weighted by Crippen LogP contribution is 2.20. The lowest BCUT2D eigenvalue weighted by Gasteiger charge is -2.34. The summed E-state index contributed by atoms with van der Waals surface area (Å²) in [7, 11) is -3.59. The number of nitrogens with zero attached hydrogens (tertiary/aromatic N) is 3. The van der Waals surface area contributed by atoms with Crippen molar-refractivity contribution in [3.63, 3.8) is 0 Å². The molecule has 1 aromatic carbocycles. The van der Waals surface area contributed by atoms with Crippen LogP contribution in [0.1, 0.15) is 24.2 Å². The lowest BCUT2D eigenvalue weighted by molar-refractivity contribution is -0.130. The maximum atomic E-state index is 12.8. The summed E-state index contributed by atoms with van der Waals surface area (Å²) in [6.07, 6.45) is -0.136. The van der Waals surface area contributed by atoms with E-state index >= 15 is 0 Å². The zero-order valence-electron chi connectivity index (χ0n) is 15.6. The molecule has 0 spiro atoms. The van der Waals surface area contributed by atoms with E-state index in [2.05, 4.69) is 0 Å². The molecular weight excluding hydrogens is 370 g/mol. The Morgan fingerprint density at radius 2 is 1.59 bits per heavy atom. The quantitative estimate of drug-likeness (QED) is 0.739. The number of carbonyl (C=O) groups excluding carboxylic acids is 2. The van der Waals surface area contributed by atoms with Crippen LogP contribution in [0, 0.1) is 0 Å². The first kappa shape index (κ1) is 19.8. The maximum Gasteiger partial charge on any atom is 0.253 e. The highest BCUT2D eigenvalue weighted by Gasteiger charge is 2.29. The monoisotopic (exact) mass is 395 g/mol. The fraction of sp³-hybridized carbons (Fsp3) is 0.556. The minimum Gasteiger partial charge on any atom is -0.376 e. The summed E-state index contributed by atoms with van der Waals surface area (Å²) >= 11 is 0. The van der Waals surface area contributed by atoms with Crippen molar-refractivity contribution in [2.45, 2.75) is 24.8 Å². The molecule has 2 heterocycles. The number of amides is 2. The Balaban J connectivity index is 1.68. The molecule has 3 rings (SSSR count). The number of morpholine rings is 1. The zero-order valence-corrected chi connectivity index (χ0v) is 16.4. The molecule has 27 heavy (non-hydrogen) atoms. The Bertz CT molecular complexity index is 801. The van der Waals surface area contributed by atoms with Crippen molar-refractivity contribution < 1.29 is 22.7 Å². The molecule has 8 nitrogen and oxygen atoms in total. The van der Waals surface area contributed by atoms with Gasteiger partial charge in [0.1, 0.15) is 0 Å². The second-order valence-corrected chi connectivity index (χ2v) is 8.81. The van der Waals surface area contributed by atoms with Crippen LogP contribution in [0.2, 0.25) is 0 Å². The van der Waals surface area contributed by atoms with Crippen molar-refractivity contribution in [3.8, 4) is 0 Å². The van der Waals surface area contributed by atoms with Crippen LogP contribution in [0.5, 0.6) is 0 Å². The average Bonchev–Trinajstić information content (AvgIpc) is 2.67. The van der Waals surface area contributed by atoms with Crippen molar-refractivity contribution in [1.29, 1.82) is 0 Å². The summed E-state index contributed by atoms with van der Waals surface area (Å²) in [5.41, 5.74) is 0.445. The van der Waals surface area contributed by atoms with Crippen LogP contribution in [-0.2, 0) is 19.6 Å². The van der Waals surface area contributed by atoms with E-state index in [1.165, 1.54) is 23.4 Å². The molecule has 0 saturated carbocycles. The largest absolute Gasteiger partial charge is 0.376 e. The molecule has 0 aromatic heterocycles. The van der Waals surface area contributed by atoms with E-state index in [4.69, 9.17) is 4.74 Å². The number of hydrogen-bond acceptors (Lipinski definition) is 5. The second-order valence-electron chi connectivity index (χ2n) is 6.87. The molecule has 9 heteroatoms. The van der Waals surface area contributed by atoms with E-state index < -0.39 is 10.0 Å². The van der Waals surface area contributed by atoms with Crippen LogP contribution in [-0.4, -0.2) is 86.3 Å². The Morgan fingerprint density at radius 1 is 1.00 bits per heavy atom. The highest BCUT2D eigenvalue weighted by atomic mass is 32.2. The number of carbonyl (C=O) groups is 2. The zero-order chi connectivity index (χ0) is 19.6. The average molecular weight is 395 g/mol. The summed E-state index contributed by atoms with van der Waals surface area (Å²) in [6.45, 7) is 6.38. The van der Waals surface area contributed by atoms with Gasteiger partial charge in [-0.1, -0.05) is 0 Å². The molecule has 2 aliphatic rings. The molecule has 2 fully saturated rings. The van der Waals surface area contributed by atoms with Gasteiger partial charge in [-0.2, -0.15) is 4.31 Å². The second kappa shape index (κ2) is 7.95. The van der Waals surface area contributed by atoms with E-state index in [1.54, 1.807) is 21.9 Å². The van der Waals surface area contributed by atoms with Gasteiger partial charge in [-0.3, -0.25) is 9.59 Å². The first-order valence-electron chi connectivity index (χ1n) is 9.05. The lowest BCUT2D eigenvalue weighted by Crippen LogP contribution is -2.50. The minimum atomic E-state index is -3.59. The van der Waals surface area contributed by atoms with Gasteiger partial charge in [-0.05, 0) is 31.2 Å². The number of benzene rings is 1. The van der Waals surface area contributed by atoms with Gasteiger partial charge in [0.2, 0.25) is 15.9 Å². The highest BCUT2D eigenvalue weighted by molar-refractivity contribution is 7.89. The molecule has 0 N–H and O–H groups in total.